The maximum atomic E-state index is 14.2. The van der Waals surface area contributed by atoms with E-state index in [1.807, 2.05) is 6.07 Å². The highest BCUT2D eigenvalue weighted by atomic mass is 32.2. The monoisotopic (exact) mass is 672 g/mol. The van der Waals surface area contributed by atoms with E-state index >= 15 is 0 Å². The number of hydrogen-bond acceptors (Lipinski definition) is 6. The van der Waals surface area contributed by atoms with E-state index in [-0.39, 0.29) is 46.3 Å². The van der Waals surface area contributed by atoms with Crippen LogP contribution in [0, 0.1) is 28.5 Å². The van der Waals surface area contributed by atoms with Crippen molar-refractivity contribution in [1.29, 1.82) is 5.26 Å². The number of hydrogen-bond donors (Lipinski definition) is 0. The van der Waals surface area contributed by atoms with Crippen LogP contribution in [0.2, 0.25) is 0 Å². The molecule has 3 aromatic rings. The van der Waals surface area contributed by atoms with Crippen LogP contribution < -0.4 is 5.56 Å². The van der Waals surface area contributed by atoms with Crippen molar-refractivity contribution >= 4 is 15.7 Å². The summed E-state index contributed by atoms with van der Waals surface area (Å²) in [6.07, 6.45) is -3.06. The fourth-order valence-corrected chi connectivity index (χ4v) is 8.02. The second kappa shape index (κ2) is 12.9. The van der Waals surface area contributed by atoms with E-state index < -0.39 is 45.8 Å². The first kappa shape index (κ1) is 34.3. The Bertz CT molecular complexity index is 1880. The number of fused-ring (bicyclic) bond motifs is 1. The molecule has 1 atom stereocenters. The topological polar surface area (TPSA) is 113 Å². The van der Waals surface area contributed by atoms with Crippen LogP contribution >= 0.6 is 0 Å². The minimum absolute atomic E-state index is 0.0446. The van der Waals surface area contributed by atoms with E-state index in [1.54, 1.807) is 31.2 Å². The molecule has 250 valence electrons. The summed E-state index contributed by atoms with van der Waals surface area (Å²) in [5, 5.41) is 9.33. The maximum absolute atomic E-state index is 14.2. The summed E-state index contributed by atoms with van der Waals surface area (Å²) in [5.74, 6) is -2.12. The lowest BCUT2D eigenvalue weighted by Gasteiger charge is -2.36. The van der Waals surface area contributed by atoms with Crippen molar-refractivity contribution in [2.45, 2.75) is 71.5 Å². The third kappa shape index (κ3) is 7.59. The highest BCUT2D eigenvalue weighted by Gasteiger charge is 2.37. The van der Waals surface area contributed by atoms with Gasteiger partial charge in [0.25, 0.3) is 5.56 Å². The molecule has 1 aliphatic carbocycles. The predicted octanol–water partition coefficient (Wildman–Crippen LogP) is 5.73. The van der Waals surface area contributed by atoms with Crippen LogP contribution in [0.4, 0.5) is 17.6 Å². The van der Waals surface area contributed by atoms with Crippen LogP contribution in [0.15, 0.2) is 47.3 Å². The fraction of sp³-hybridized carbons (Fsp3) is 0.471. The number of rotatable bonds is 7. The number of sulfone groups is 1. The third-order valence-electron chi connectivity index (χ3n) is 9.22. The molecule has 0 bridgehead atoms. The zero-order chi connectivity index (χ0) is 34.3. The smallest absolute Gasteiger partial charge is 0.332 e. The molecule has 0 saturated carbocycles. The zero-order valence-corrected chi connectivity index (χ0v) is 27.2. The Labute approximate surface area is 271 Å². The first-order valence-corrected chi connectivity index (χ1v) is 17.3. The molecular weight excluding hydrogens is 636 g/mol. The summed E-state index contributed by atoms with van der Waals surface area (Å²) in [7, 11) is -3.22. The maximum Gasteiger partial charge on any atom is 0.419 e. The van der Waals surface area contributed by atoms with Gasteiger partial charge in [0.2, 0.25) is 5.91 Å². The Morgan fingerprint density at radius 3 is 2.43 bits per heavy atom. The highest BCUT2D eigenvalue weighted by molar-refractivity contribution is 7.91. The van der Waals surface area contributed by atoms with E-state index in [9.17, 15) is 40.8 Å². The van der Waals surface area contributed by atoms with Gasteiger partial charge in [-0.3, -0.25) is 14.2 Å². The van der Waals surface area contributed by atoms with Crippen LogP contribution in [0.3, 0.4) is 0 Å². The van der Waals surface area contributed by atoms with Gasteiger partial charge in [0.05, 0.1) is 52.5 Å². The Morgan fingerprint density at radius 2 is 1.81 bits per heavy atom. The fourth-order valence-electron chi connectivity index (χ4n) is 6.43. The van der Waals surface area contributed by atoms with Gasteiger partial charge in [0, 0.05) is 12.1 Å². The summed E-state index contributed by atoms with van der Waals surface area (Å²) in [6.45, 7) is 5.93. The molecule has 0 spiro atoms. The molecule has 1 unspecified atom stereocenters. The average molecular weight is 673 g/mol. The molecule has 8 nitrogen and oxygen atoms in total. The van der Waals surface area contributed by atoms with Crippen LogP contribution in [0.5, 0.6) is 0 Å². The van der Waals surface area contributed by atoms with E-state index in [2.05, 4.69) is 13.8 Å². The first-order valence-electron chi connectivity index (χ1n) is 15.5. The van der Waals surface area contributed by atoms with Gasteiger partial charge in [0.15, 0.2) is 0 Å². The molecule has 0 radical (unpaired) electrons. The minimum Gasteiger partial charge on any atom is -0.332 e. The second-order valence-corrected chi connectivity index (χ2v) is 15.6. The number of benzene rings is 2. The predicted molar refractivity (Wildman–Crippen MR) is 167 cm³/mol. The summed E-state index contributed by atoms with van der Waals surface area (Å²) in [5.41, 5.74) is 0.0293. The molecular formula is C34H36F4N4O4S. The van der Waals surface area contributed by atoms with Crippen molar-refractivity contribution in [2.24, 2.45) is 11.3 Å². The summed E-state index contributed by atoms with van der Waals surface area (Å²) < 4.78 is 80.2. The quantitative estimate of drug-likeness (QED) is 0.296. The van der Waals surface area contributed by atoms with Gasteiger partial charge in [-0.2, -0.15) is 18.4 Å². The van der Waals surface area contributed by atoms with Crippen molar-refractivity contribution in [2.75, 3.05) is 18.1 Å². The Kier molecular flexibility index (Phi) is 9.38. The second-order valence-electron chi connectivity index (χ2n) is 13.3. The molecule has 2 heterocycles. The number of carbonyl (C=O) groups excluding carboxylic acids is 1. The first-order chi connectivity index (χ1) is 22.0. The average Bonchev–Trinajstić information content (AvgIpc) is 3.00. The normalized spacial score (nSPS) is 18.2. The molecule has 1 aromatic heterocycles. The summed E-state index contributed by atoms with van der Waals surface area (Å²) in [4.78, 5) is 34.7. The number of halogens is 4. The Balaban J connectivity index is 1.61. The van der Waals surface area contributed by atoms with Gasteiger partial charge in [-0.25, -0.2) is 17.8 Å². The van der Waals surface area contributed by atoms with Crippen molar-refractivity contribution in [3.8, 4) is 11.8 Å². The van der Waals surface area contributed by atoms with Gasteiger partial charge < -0.3 is 4.90 Å². The van der Waals surface area contributed by atoms with Gasteiger partial charge in [-0.05, 0) is 92.3 Å². The molecule has 0 N–H and O–H groups in total. The zero-order valence-electron chi connectivity index (χ0n) is 26.4. The molecule has 47 heavy (non-hydrogen) atoms. The minimum atomic E-state index is -4.96. The number of alkyl halides is 3. The molecule has 2 aliphatic rings. The van der Waals surface area contributed by atoms with Gasteiger partial charge in [-0.15, -0.1) is 0 Å². The van der Waals surface area contributed by atoms with E-state index in [0.717, 1.165) is 12.5 Å². The molecule has 1 aliphatic heterocycles. The lowest BCUT2D eigenvalue weighted by atomic mass is 9.76. The van der Waals surface area contributed by atoms with Gasteiger partial charge >= 0.3 is 6.18 Å². The lowest BCUT2D eigenvalue weighted by Crippen LogP contribution is -2.43. The molecule has 1 fully saturated rings. The van der Waals surface area contributed by atoms with Crippen molar-refractivity contribution in [1.82, 2.24) is 14.5 Å². The molecule has 2 aromatic carbocycles. The third-order valence-corrected chi connectivity index (χ3v) is 10.9. The van der Waals surface area contributed by atoms with Crippen molar-refractivity contribution in [3.05, 3.63) is 92.4 Å². The Hall–Kier alpha value is -4.05. The van der Waals surface area contributed by atoms with Crippen LogP contribution in [0.1, 0.15) is 79.8 Å². The highest BCUT2D eigenvalue weighted by Crippen LogP contribution is 2.35. The summed E-state index contributed by atoms with van der Waals surface area (Å²) >= 11 is 0. The lowest BCUT2D eigenvalue weighted by molar-refractivity contribution is -0.140. The number of nitriles is 1. The standard InChI is InChI=1S/C34H36F4N4O4S/c1-21(31-40-29-18-33(2,3)13-10-26(29)32(44)42(31)25-7-4-22(19-39)5-8-25)41(20-23-11-14-47(45,46)15-12-23)30(43)17-24-6-9-28(35)27(16-24)34(36,37)38/h4-9,16,21,23H,10-15,17-18,20H2,1-3H3. The molecule has 13 heteroatoms. The van der Waals surface area contributed by atoms with E-state index in [1.165, 1.54) is 9.47 Å². The summed E-state index contributed by atoms with van der Waals surface area (Å²) in [6, 6.07) is 9.97. The van der Waals surface area contributed by atoms with Gasteiger partial charge in [-0.1, -0.05) is 19.9 Å². The van der Waals surface area contributed by atoms with Crippen molar-refractivity contribution < 1.29 is 30.8 Å². The van der Waals surface area contributed by atoms with Crippen molar-refractivity contribution in [3.63, 3.8) is 0 Å². The number of aromatic nitrogens is 2. The van der Waals surface area contributed by atoms with Crippen LogP contribution in [-0.4, -0.2) is 46.8 Å². The molecule has 5 rings (SSSR count). The SMILES string of the molecule is CC(c1nc2c(c(=O)n1-c1ccc(C#N)cc1)CCC(C)(C)C2)N(CC1CCS(=O)(=O)CC1)C(=O)Cc1ccc(F)c(C(F)(F)F)c1. The van der Waals surface area contributed by atoms with Crippen LogP contribution in [0.25, 0.3) is 5.69 Å². The Morgan fingerprint density at radius 1 is 1.15 bits per heavy atom. The number of nitrogens with zero attached hydrogens (tertiary/aromatic N) is 4. The molecule has 1 saturated heterocycles. The number of amides is 1. The van der Waals surface area contributed by atoms with Crippen LogP contribution in [-0.2, 0) is 40.1 Å². The van der Waals surface area contributed by atoms with E-state index in [0.29, 0.717) is 60.3 Å². The number of carbonyl (C=O) groups is 1. The van der Waals surface area contributed by atoms with E-state index in [4.69, 9.17) is 4.98 Å². The largest absolute Gasteiger partial charge is 0.419 e. The molecule has 1 amide bonds. The van der Waals surface area contributed by atoms with Gasteiger partial charge in [0.1, 0.15) is 21.5 Å².